The maximum atomic E-state index is 12.3. The lowest BCUT2D eigenvalue weighted by Gasteiger charge is -2.25. The Hall–Kier alpha value is -2.12. The lowest BCUT2D eigenvalue weighted by atomic mass is 9.84. The Morgan fingerprint density at radius 1 is 1.60 bits per heavy atom. The third-order valence-electron chi connectivity index (χ3n) is 3.77. The Kier molecular flexibility index (Phi) is 4.21. The smallest absolute Gasteiger partial charge is 0.233 e. The molecule has 1 amide bonds. The highest BCUT2D eigenvalue weighted by Gasteiger charge is 2.45. The van der Waals surface area contributed by atoms with Crippen LogP contribution in [0.5, 0.6) is 0 Å². The number of nitrogens with one attached hydrogen (secondary N) is 1. The van der Waals surface area contributed by atoms with Gasteiger partial charge in [0.15, 0.2) is 11.7 Å². The van der Waals surface area contributed by atoms with E-state index in [4.69, 9.17) is 10.9 Å². The summed E-state index contributed by atoms with van der Waals surface area (Å²) in [6.45, 7) is 0.434. The molecule has 1 saturated carbocycles. The summed E-state index contributed by atoms with van der Waals surface area (Å²) in [6, 6.07) is 0. The average molecular weight is 280 g/mol. The molecule has 0 saturated heterocycles. The van der Waals surface area contributed by atoms with E-state index < -0.39 is 5.41 Å². The molecule has 0 spiro atoms. The van der Waals surface area contributed by atoms with E-state index >= 15 is 0 Å². The largest absolute Gasteiger partial charge is 0.409 e. The quantitative estimate of drug-likeness (QED) is 0.298. The minimum Gasteiger partial charge on any atom is -0.409 e. The summed E-state index contributed by atoms with van der Waals surface area (Å²) in [5, 5.41) is 18.9. The number of aromatic nitrogens is 3. The van der Waals surface area contributed by atoms with Crippen LogP contribution in [0.1, 0.15) is 31.5 Å². The lowest BCUT2D eigenvalue weighted by molar-refractivity contribution is -0.127. The molecule has 2 rings (SSSR count). The second-order valence-corrected chi connectivity index (χ2v) is 5.11. The van der Waals surface area contributed by atoms with E-state index in [0.29, 0.717) is 31.6 Å². The van der Waals surface area contributed by atoms with Crippen molar-refractivity contribution in [2.45, 2.75) is 32.1 Å². The number of carbonyl (C=O) groups excluding carboxylic acids is 1. The highest BCUT2D eigenvalue weighted by Crippen LogP contribution is 2.38. The van der Waals surface area contributed by atoms with E-state index in [1.54, 1.807) is 18.1 Å². The lowest BCUT2D eigenvalue weighted by Crippen LogP contribution is -2.48. The monoisotopic (exact) mass is 280 g/mol. The fourth-order valence-corrected chi connectivity index (χ4v) is 2.63. The molecule has 1 fully saturated rings. The first-order chi connectivity index (χ1) is 9.58. The minimum absolute atomic E-state index is 0.00320. The molecule has 0 aromatic carbocycles. The van der Waals surface area contributed by atoms with Gasteiger partial charge in [0.05, 0.1) is 0 Å². The molecule has 0 bridgehead atoms. The van der Waals surface area contributed by atoms with Crippen molar-refractivity contribution < 1.29 is 10.0 Å². The maximum absolute atomic E-state index is 12.3. The number of amides is 1. The van der Waals surface area contributed by atoms with Gasteiger partial charge in [-0.15, -0.1) is 0 Å². The van der Waals surface area contributed by atoms with Gasteiger partial charge in [-0.05, 0) is 12.8 Å². The van der Waals surface area contributed by atoms with Gasteiger partial charge in [0.25, 0.3) is 0 Å². The van der Waals surface area contributed by atoms with Crippen LogP contribution >= 0.6 is 0 Å². The summed E-state index contributed by atoms with van der Waals surface area (Å²) < 4.78 is 1.62. The van der Waals surface area contributed by atoms with Gasteiger partial charge in [-0.3, -0.25) is 9.48 Å². The van der Waals surface area contributed by atoms with Gasteiger partial charge >= 0.3 is 0 Å². The van der Waals surface area contributed by atoms with Crippen LogP contribution in [0.2, 0.25) is 0 Å². The third-order valence-corrected chi connectivity index (χ3v) is 3.77. The second-order valence-electron chi connectivity index (χ2n) is 5.11. The van der Waals surface area contributed by atoms with Crippen LogP contribution in [0.25, 0.3) is 0 Å². The summed E-state index contributed by atoms with van der Waals surface area (Å²) in [5.41, 5.74) is 4.86. The van der Waals surface area contributed by atoms with Crippen LogP contribution in [0.3, 0.4) is 0 Å². The number of hydrogen-bond acceptors (Lipinski definition) is 5. The Labute approximate surface area is 117 Å². The topological polar surface area (TPSA) is 118 Å². The molecule has 0 unspecified atom stereocenters. The number of nitrogens with zero attached hydrogens (tertiary/aromatic N) is 4. The molecule has 1 aromatic rings. The zero-order valence-electron chi connectivity index (χ0n) is 11.5. The molecule has 1 aliphatic rings. The van der Waals surface area contributed by atoms with Crippen molar-refractivity contribution in [1.82, 2.24) is 20.1 Å². The molecular formula is C12H20N6O2. The molecule has 20 heavy (non-hydrogen) atoms. The molecule has 0 atom stereocenters. The standard InChI is InChI=1S/C12H20N6O2/c1-18-8-15-9(16-18)4-7-14-11(19)12(10(13)17-20)5-2-3-6-12/h8,20H,2-7H2,1H3,(H2,13,17)(H,14,19). The van der Waals surface area contributed by atoms with E-state index in [1.165, 1.54) is 0 Å². The summed E-state index contributed by atoms with van der Waals surface area (Å²) in [6.07, 6.45) is 5.23. The highest BCUT2D eigenvalue weighted by atomic mass is 16.4. The number of carbonyl (C=O) groups is 1. The summed E-state index contributed by atoms with van der Waals surface area (Å²) in [5.74, 6) is 0.502. The number of nitrogens with two attached hydrogens (primary N) is 1. The van der Waals surface area contributed by atoms with Gasteiger partial charge in [-0.2, -0.15) is 5.10 Å². The van der Waals surface area contributed by atoms with Crippen LogP contribution in [0, 0.1) is 5.41 Å². The molecular weight excluding hydrogens is 260 g/mol. The van der Waals surface area contributed by atoms with E-state index in [9.17, 15) is 4.79 Å². The van der Waals surface area contributed by atoms with Crippen LogP contribution in [-0.2, 0) is 18.3 Å². The van der Waals surface area contributed by atoms with Crippen molar-refractivity contribution in [2.24, 2.45) is 23.4 Å². The van der Waals surface area contributed by atoms with Crippen LogP contribution in [0.15, 0.2) is 11.5 Å². The number of oxime groups is 1. The first kappa shape index (κ1) is 14.3. The van der Waals surface area contributed by atoms with E-state index in [1.807, 2.05) is 0 Å². The fourth-order valence-electron chi connectivity index (χ4n) is 2.63. The van der Waals surface area contributed by atoms with E-state index in [-0.39, 0.29) is 11.7 Å². The first-order valence-corrected chi connectivity index (χ1v) is 6.69. The van der Waals surface area contributed by atoms with Gasteiger partial charge in [-0.1, -0.05) is 18.0 Å². The van der Waals surface area contributed by atoms with Crippen LogP contribution < -0.4 is 11.1 Å². The molecule has 110 valence electrons. The predicted molar refractivity (Wildman–Crippen MR) is 72.0 cm³/mol. The molecule has 0 radical (unpaired) electrons. The van der Waals surface area contributed by atoms with E-state index in [2.05, 4.69) is 20.6 Å². The minimum atomic E-state index is -0.855. The van der Waals surface area contributed by atoms with E-state index in [0.717, 1.165) is 12.8 Å². The van der Waals surface area contributed by atoms with Crippen molar-refractivity contribution in [2.75, 3.05) is 6.54 Å². The van der Waals surface area contributed by atoms with Crippen LogP contribution in [-0.4, -0.2) is 38.3 Å². The predicted octanol–water partition coefficient (Wildman–Crippen LogP) is -0.219. The molecule has 1 aliphatic carbocycles. The third kappa shape index (κ3) is 2.73. The number of rotatable bonds is 5. The number of amidine groups is 1. The molecule has 0 aliphatic heterocycles. The fraction of sp³-hybridized carbons (Fsp3) is 0.667. The van der Waals surface area contributed by atoms with Gasteiger partial charge in [0, 0.05) is 20.0 Å². The van der Waals surface area contributed by atoms with Crippen molar-refractivity contribution in [3.8, 4) is 0 Å². The first-order valence-electron chi connectivity index (χ1n) is 6.69. The average Bonchev–Trinajstić information content (AvgIpc) is 3.07. The van der Waals surface area contributed by atoms with Crippen molar-refractivity contribution >= 4 is 11.7 Å². The summed E-state index contributed by atoms with van der Waals surface area (Å²) in [4.78, 5) is 16.4. The Bertz CT molecular complexity index is 504. The van der Waals surface area contributed by atoms with Gasteiger partial charge < -0.3 is 16.3 Å². The maximum Gasteiger partial charge on any atom is 0.233 e. The molecule has 1 heterocycles. The number of hydrogen-bond donors (Lipinski definition) is 3. The van der Waals surface area contributed by atoms with Crippen molar-refractivity contribution in [3.63, 3.8) is 0 Å². The molecule has 1 aromatic heterocycles. The molecule has 8 heteroatoms. The Morgan fingerprint density at radius 2 is 2.30 bits per heavy atom. The van der Waals surface area contributed by atoms with Crippen LogP contribution in [0.4, 0.5) is 0 Å². The molecule has 8 nitrogen and oxygen atoms in total. The van der Waals surface area contributed by atoms with Crippen molar-refractivity contribution in [3.05, 3.63) is 12.2 Å². The van der Waals surface area contributed by atoms with Crippen molar-refractivity contribution in [1.29, 1.82) is 0 Å². The number of aryl methyl sites for hydroxylation is 1. The van der Waals surface area contributed by atoms with Gasteiger partial charge in [0.2, 0.25) is 5.91 Å². The Morgan fingerprint density at radius 3 is 2.85 bits per heavy atom. The van der Waals surface area contributed by atoms with Gasteiger partial charge in [-0.25, -0.2) is 4.98 Å². The zero-order chi connectivity index (χ0) is 14.6. The summed E-state index contributed by atoms with van der Waals surface area (Å²) >= 11 is 0. The second kappa shape index (κ2) is 5.89. The zero-order valence-corrected chi connectivity index (χ0v) is 11.5. The molecule has 4 N–H and O–H groups in total. The SMILES string of the molecule is Cn1cnc(CCNC(=O)C2(C(N)=NO)CCCC2)n1. The summed E-state index contributed by atoms with van der Waals surface area (Å²) in [7, 11) is 1.79. The highest BCUT2D eigenvalue weighted by molar-refractivity contribution is 6.07. The van der Waals surface area contributed by atoms with Gasteiger partial charge in [0.1, 0.15) is 11.7 Å². The normalized spacial score (nSPS) is 18.1. The Balaban J connectivity index is 1.93.